The smallest absolute Gasteiger partial charge is 0.213 e. The summed E-state index contributed by atoms with van der Waals surface area (Å²) in [6.45, 7) is 5.13. The minimum absolute atomic E-state index is 0.521. The summed E-state index contributed by atoms with van der Waals surface area (Å²) >= 11 is 0. The third-order valence-electron chi connectivity index (χ3n) is 4.86. The summed E-state index contributed by atoms with van der Waals surface area (Å²) in [6.07, 6.45) is 4.32. The van der Waals surface area contributed by atoms with Crippen molar-refractivity contribution in [2.45, 2.75) is 32.9 Å². The molecule has 0 bridgehead atoms. The van der Waals surface area contributed by atoms with Gasteiger partial charge in [0.2, 0.25) is 5.88 Å². The van der Waals surface area contributed by atoms with Crippen LogP contribution in [-0.2, 0) is 17.8 Å². The lowest BCUT2D eigenvalue weighted by Crippen LogP contribution is -2.36. The highest BCUT2D eigenvalue weighted by atomic mass is 16.5. The van der Waals surface area contributed by atoms with Gasteiger partial charge < -0.3 is 24.8 Å². The second-order valence-corrected chi connectivity index (χ2v) is 7.49. The van der Waals surface area contributed by atoms with Crippen LogP contribution < -0.4 is 20.1 Å². The lowest BCUT2D eigenvalue weighted by Gasteiger charge is -2.15. The topological polar surface area (TPSA) is 77.0 Å². The molecule has 30 heavy (non-hydrogen) atoms. The first-order valence-corrected chi connectivity index (χ1v) is 10.4. The zero-order valence-corrected chi connectivity index (χ0v) is 18.1. The summed E-state index contributed by atoms with van der Waals surface area (Å²) in [5, 5.41) is 6.69. The van der Waals surface area contributed by atoms with E-state index < -0.39 is 0 Å². The van der Waals surface area contributed by atoms with Crippen LogP contribution in [0.4, 0.5) is 0 Å². The van der Waals surface area contributed by atoms with Gasteiger partial charge in [0, 0.05) is 45.1 Å². The largest absolute Gasteiger partial charge is 0.491 e. The third kappa shape index (κ3) is 7.22. The number of aromatic nitrogens is 1. The molecule has 0 atom stereocenters. The van der Waals surface area contributed by atoms with E-state index in [1.54, 1.807) is 20.4 Å². The molecule has 0 aliphatic heterocycles. The summed E-state index contributed by atoms with van der Waals surface area (Å²) in [5.41, 5.74) is 3.32. The number of benzene rings is 1. The highest BCUT2D eigenvalue weighted by molar-refractivity contribution is 5.79. The average Bonchev–Trinajstić information content (AvgIpc) is 3.59. The Balaban J connectivity index is 1.50. The molecule has 0 spiro atoms. The van der Waals surface area contributed by atoms with E-state index in [1.165, 1.54) is 12.8 Å². The number of ether oxygens (including phenoxy) is 3. The number of guanidine groups is 1. The molecule has 7 heteroatoms. The van der Waals surface area contributed by atoms with E-state index >= 15 is 0 Å². The zero-order valence-electron chi connectivity index (χ0n) is 18.1. The molecule has 1 aliphatic carbocycles. The number of nitrogens with zero attached hydrogens (tertiary/aromatic N) is 2. The van der Waals surface area contributed by atoms with Crippen molar-refractivity contribution in [2.75, 3.05) is 34.0 Å². The van der Waals surface area contributed by atoms with Gasteiger partial charge in [-0.05, 0) is 48.9 Å². The van der Waals surface area contributed by atoms with Gasteiger partial charge in [0.25, 0.3) is 0 Å². The second kappa shape index (κ2) is 11.4. The van der Waals surface area contributed by atoms with Gasteiger partial charge in [-0.15, -0.1) is 0 Å². The molecule has 1 saturated carbocycles. The van der Waals surface area contributed by atoms with E-state index in [4.69, 9.17) is 14.2 Å². The SMILES string of the molecule is CN=C(NCc1ccnc(OCC2CC2)c1)NCc1ccc(C)cc1OCCOC. The molecule has 1 fully saturated rings. The lowest BCUT2D eigenvalue weighted by atomic mass is 10.1. The number of aliphatic imine (C=N–C) groups is 1. The average molecular weight is 413 g/mol. The van der Waals surface area contributed by atoms with E-state index in [-0.39, 0.29) is 0 Å². The molecule has 1 aliphatic rings. The molecule has 0 amide bonds. The van der Waals surface area contributed by atoms with Crippen LogP contribution >= 0.6 is 0 Å². The van der Waals surface area contributed by atoms with Crippen molar-refractivity contribution in [3.05, 3.63) is 53.2 Å². The van der Waals surface area contributed by atoms with Crippen LogP contribution in [0.5, 0.6) is 11.6 Å². The van der Waals surface area contributed by atoms with Crippen LogP contribution in [-0.4, -0.2) is 44.9 Å². The Hall–Kier alpha value is -2.80. The quantitative estimate of drug-likeness (QED) is 0.336. The Morgan fingerprint density at radius 2 is 1.93 bits per heavy atom. The summed E-state index contributed by atoms with van der Waals surface area (Å²) < 4.78 is 16.7. The van der Waals surface area contributed by atoms with Gasteiger partial charge in [-0.25, -0.2) is 4.98 Å². The number of hydrogen-bond donors (Lipinski definition) is 2. The summed E-state index contributed by atoms with van der Waals surface area (Å²) in [5.74, 6) is 2.97. The van der Waals surface area contributed by atoms with Crippen LogP contribution in [0.3, 0.4) is 0 Å². The van der Waals surface area contributed by atoms with Crippen LogP contribution in [0, 0.1) is 12.8 Å². The van der Waals surface area contributed by atoms with Crippen molar-refractivity contribution in [3.63, 3.8) is 0 Å². The molecule has 2 N–H and O–H groups in total. The first kappa shape index (κ1) is 21.9. The first-order chi connectivity index (χ1) is 14.7. The van der Waals surface area contributed by atoms with E-state index in [9.17, 15) is 0 Å². The lowest BCUT2D eigenvalue weighted by molar-refractivity contribution is 0.145. The van der Waals surface area contributed by atoms with Crippen molar-refractivity contribution in [1.82, 2.24) is 15.6 Å². The number of rotatable bonds is 11. The number of nitrogens with one attached hydrogen (secondary N) is 2. The standard InChI is InChI=1S/C23H32N4O3/c1-17-4-7-20(21(12-17)29-11-10-28-3)15-27-23(24-2)26-14-19-8-9-25-22(13-19)30-16-18-5-6-18/h4,7-9,12-13,18H,5-6,10-11,14-16H2,1-3H3,(H2,24,26,27). The Morgan fingerprint density at radius 3 is 2.70 bits per heavy atom. The first-order valence-electron chi connectivity index (χ1n) is 10.4. The minimum atomic E-state index is 0.521. The van der Waals surface area contributed by atoms with E-state index in [0.29, 0.717) is 38.1 Å². The van der Waals surface area contributed by atoms with Gasteiger partial charge in [0.15, 0.2) is 5.96 Å². The van der Waals surface area contributed by atoms with Gasteiger partial charge in [0.1, 0.15) is 12.4 Å². The fraction of sp³-hybridized carbons (Fsp3) is 0.478. The molecule has 1 aromatic heterocycles. The molecule has 0 unspecified atom stereocenters. The molecule has 1 aromatic carbocycles. The van der Waals surface area contributed by atoms with Crippen LogP contribution in [0.25, 0.3) is 0 Å². The molecule has 0 radical (unpaired) electrons. The maximum absolute atomic E-state index is 5.86. The Kier molecular flexibility index (Phi) is 8.32. The van der Waals surface area contributed by atoms with Crippen molar-refractivity contribution in [3.8, 4) is 11.6 Å². The van der Waals surface area contributed by atoms with Crippen molar-refractivity contribution >= 4 is 5.96 Å². The highest BCUT2D eigenvalue weighted by Crippen LogP contribution is 2.29. The molecule has 3 rings (SSSR count). The number of aryl methyl sites for hydroxylation is 1. The number of methoxy groups -OCH3 is 1. The highest BCUT2D eigenvalue weighted by Gasteiger charge is 2.22. The van der Waals surface area contributed by atoms with Gasteiger partial charge in [-0.2, -0.15) is 0 Å². The Morgan fingerprint density at radius 1 is 1.10 bits per heavy atom. The fourth-order valence-corrected chi connectivity index (χ4v) is 2.89. The van der Waals surface area contributed by atoms with Crippen LogP contribution in [0.2, 0.25) is 0 Å². The summed E-state index contributed by atoms with van der Waals surface area (Å²) in [4.78, 5) is 8.61. The monoisotopic (exact) mass is 412 g/mol. The van der Waals surface area contributed by atoms with Gasteiger partial charge in [-0.3, -0.25) is 4.99 Å². The van der Waals surface area contributed by atoms with Crippen molar-refractivity contribution in [2.24, 2.45) is 10.9 Å². The maximum Gasteiger partial charge on any atom is 0.213 e. The minimum Gasteiger partial charge on any atom is -0.491 e. The van der Waals surface area contributed by atoms with Crippen LogP contribution in [0.1, 0.15) is 29.5 Å². The van der Waals surface area contributed by atoms with Crippen molar-refractivity contribution in [1.29, 1.82) is 0 Å². The summed E-state index contributed by atoms with van der Waals surface area (Å²) in [7, 11) is 3.43. The predicted molar refractivity (Wildman–Crippen MR) is 118 cm³/mol. The fourth-order valence-electron chi connectivity index (χ4n) is 2.89. The predicted octanol–water partition coefficient (Wildman–Crippen LogP) is 3.07. The molecular formula is C23H32N4O3. The molecule has 1 heterocycles. The normalized spacial score (nSPS) is 13.8. The Bertz CT molecular complexity index is 837. The molecule has 162 valence electrons. The third-order valence-corrected chi connectivity index (χ3v) is 4.86. The van der Waals surface area contributed by atoms with E-state index in [2.05, 4.69) is 39.7 Å². The van der Waals surface area contributed by atoms with Crippen molar-refractivity contribution < 1.29 is 14.2 Å². The molecule has 0 saturated heterocycles. The molecular weight excluding hydrogens is 380 g/mol. The number of hydrogen-bond acceptors (Lipinski definition) is 5. The van der Waals surface area contributed by atoms with Crippen LogP contribution in [0.15, 0.2) is 41.5 Å². The second-order valence-electron chi connectivity index (χ2n) is 7.49. The summed E-state index contributed by atoms with van der Waals surface area (Å²) in [6, 6.07) is 10.2. The zero-order chi connectivity index (χ0) is 21.2. The van der Waals surface area contributed by atoms with Gasteiger partial charge >= 0.3 is 0 Å². The molecule has 7 nitrogen and oxygen atoms in total. The number of pyridine rings is 1. The maximum atomic E-state index is 5.86. The van der Waals surface area contributed by atoms with E-state index in [0.717, 1.165) is 35.0 Å². The Labute approximate surface area is 178 Å². The van der Waals surface area contributed by atoms with E-state index in [1.807, 2.05) is 18.2 Å². The van der Waals surface area contributed by atoms with Gasteiger partial charge in [0.05, 0.1) is 13.2 Å². The molecule has 2 aromatic rings. The van der Waals surface area contributed by atoms with Gasteiger partial charge in [-0.1, -0.05) is 12.1 Å².